The highest BCUT2D eigenvalue weighted by Gasteiger charge is 2.48. The van der Waals surface area contributed by atoms with Crippen LogP contribution in [0.3, 0.4) is 0 Å². The van der Waals surface area contributed by atoms with E-state index < -0.39 is 21.5 Å². The number of benzene rings is 1. The second kappa shape index (κ2) is 9.92. The lowest BCUT2D eigenvalue weighted by Crippen LogP contribution is -2.71. The highest BCUT2D eigenvalue weighted by Crippen LogP contribution is 2.30. The molecule has 192 valence electrons. The molecular formula is C25H30N4O6S. The van der Waals surface area contributed by atoms with Gasteiger partial charge in [0.15, 0.2) is 0 Å². The molecule has 1 atom stereocenters. The number of likely N-dealkylation sites (N-methyl/N-ethyl adjacent to an activating group) is 1. The van der Waals surface area contributed by atoms with Crippen LogP contribution in [0.25, 0.3) is 0 Å². The number of carbonyl (C=O) groups is 2. The Morgan fingerprint density at radius 3 is 2.53 bits per heavy atom. The molecule has 0 aromatic heterocycles. The monoisotopic (exact) mass is 514 g/mol. The minimum atomic E-state index is -4.01. The van der Waals surface area contributed by atoms with Crippen LogP contribution in [0.5, 0.6) is 5.75 Å². The number of nitrogens with one attached hydrogen (secondary N) is 2. The number of carbonyl (C=O) groups excluding carboxylic acids is 2. The summed E-state index contributed by atoms with van der Waals surface area (Å²) in [5.74, 6) is -0.462. The van der Waals surface area contributed by atoms with E-state index in [4.69, 9.17) is 9.94 Å². The number of sulfonamides is 1. The van der Waals surface area contributed by atoms with Crippen LogP contribution in [0.4, 0.5) is 0 Å². The number of likely N-dealkylation sites (tertiary alicyclic amines) is 1. The van der Waals surface area contributed by atoms with Crippen molar-refractivity contribution in [2.24, 2.45) is 0 Å². The van der Waals surface area contributed by atoms with E-state index in [9.17, 15) is 18.0 Å². The Morgan fingerprint density at radius 1 is 1.19 bits per heavy atom. The molecule has 1 unspecified atom stereocenters. The molecule has 0 saturated carbocycles. The third-order valence-electron chi connectivity index (χ3n) is 6.66. The molecular weight excluding hydrogens is 484 g/mol. The van der Waals surface area contributed by atoms with Gasteiger partial charge in [0.25, 0.3) is 0 Å². The topological polar surface area (TPSA) is 128 Å². The van der Waals surface area contributed by atoms with Crippen LogP contribution in [0, 0.1) is 0 Å². The Balaban J connectivity index is 1.45. The molecule has 36 heavy (non-hydrogen) atoms. The maximum atomic E-state index is 13.0. The average molecular weight is 515 g/mol. The zero-order valence-corrected chi connectivity index (χ0v) is 21.2. The normalized spacial score (nSPS) is 20.4. The lowest BCUT2D eigenvalue weighted by Gasteiger charge is -2.49. The number of amides is 2. The lowest BCUT2D eigenvalue weighted by molar-refractivity contribution is -0.141. The smallest absolute Gasteiger partial charge is 0.245 e. The number of nitrogens with zero attached hydrogens (tertiary/aromatic N) is 2. The molecule has 4 rings (SSSR count). The summed E-state index contributed by atoms with van der Waals surface area (Å²) >= 11 is 0. The summed E-state index contributed by atoms with van der Waals surface area (Å²) in [7, 11) is -1.96. The predicted octanol–water partition coefficient (Wildman–Crippen LogP) is 1.48. The molecule has 1 aromatic carbocycles. The van der Waals surface area contributed by atoms with Crippen LogP contribution in [-0.2, 0) is 19.6 Å². The molecule has 0 bridgehead atoms. The molecule has 2 aliphatic heterocycles. The molecule has 1 aromatic rings. The SMILES string of the molecule is CC(=O)N1CC(CC(=O)NO)(NS(=O)(=O)c2ccc(OCC3=C4C=CC=CC4N(C)C(C)=C3)cc2)C1. The Labute approximate surface area is 210 Å². The maximum Gasteiger partial charge on any atom is 0.245 e. The quantitative estimate of drug-likeness (QED) is 0.354. The van der Waals surface area contributed by atoms with Gasteiger partial charge >= 0.3 is 0 Å². The first kappa shape index (κ1) is 25.7. The standard InChI is InChI=1S/C25H30N4O6S/c1-17-12-19(22-6-4-5-7-23(22)28(17)3)14-35-20-8-10-21(11-9-20)36(33,34)27-25(13-24(31)26-32)15-29(16-25)18(2)30/h4-12,23,27,32H,13-16H2,1-3H3,(H,26,31). The number of hydrogen-bond acceptors (Lipinski definition) is 7. The molecule has 11 heteroatoms. The Kier molecular flexibility index (Phi) is 7.07. The van der Waals surface area contributed by atoms with Gasteiger partial charge in [-0.25, -0.2) is 18.6 Å². The lowest BCUT2D eigenvalue weighted by atomic mass is 9.87. The molecule has 0 spiro atoms. The average Bonchev–Trinajstić information content (AvgIpc) is 2.83. The van der Waals surface area contributed by atoms with Crippen LogP contribution in [0.1, 0.15) is 20.3 Å². The molecule has 3 aliphatic rings. The van der Waals surface area contributed by atoms with E-state index in [2.05, 4.69) is 27.9 Å². The van der Waals surface area contributed by atoms with Crippen LogP contribution in [0.2, 0.25) is 0 Å². The summed E-state index contributed by atoms with van der Waals surface area (Å²) in [5.41, 5.74) is 3.66. The van der Waals surface area contributed by atoms with Crippen molar-refractivity contribution in [1.29, 1.82) is 0 Å². The fraction of sp³-hybridized carbons (Fsp3) is 0.360. The molecule has 1 saturated heterocycles. The first-order chi connectivity index (χ1) is 17.0. The summed E-state index contributed by atoms with van der Waals surface area (Å²) < 4.78 is 34.6. The van der Waals surface area contributed by atoms with E-state index in [1.54, 1.807) is 12.1 Å². The van der Waals surface area contributed by atoms with Gasteiger partial charge < -0.3 is 14.5 Å². The molecule has 0 radical (unpaired) electrons. The molecule has 3 N–H and O–H groups in total. The largest absolute Gasteiger partial charge is 0.489 e. The molecule has 10 nitrogen and oxygen atoms in total. The Morgan fingerprint density at radius 2 is 1.89 bits per heavy atom. The van der Waals surface area contributed by atoms with E-state index in [0.29, 0.717) is 12.4 Å². The van der Waals surface area contributed by atoms with Crippen molar-refractivity contribution in [2.75, 3.05) is 26.7 Å². The number of ether oxygens (including phenoxy) is 1. The number of hydroxylamine groups is 1. The van der Waals surface area contributed by atoms with E-state index in [1.807, 2.05) is 26.1 Å². The van der Waals surface area contributed by atoms with Crippen molar-refractivity contribution in [3.63, 3.8) is 0 Å². The van der Waals surface area contributed by atoms with Gasteiger partial charge in [-0.1, -0.05) is 24.3 Å². The molecule has 1 fully saturated rings. The van der Waals surface area contributed by atoms with Gasteiger partial charge in [-0.3, -0.25) is 14.8 Å². The van der Waals surface area contributed by atoms with Crippen LogP contribution >= 0.6 is 0 Å². The van der Waals surface area contributed by atoms with Crippen LogP contribution in [0.15, 0.2) is 76.4 Å². The minimum Gasteiger partial charge on any atom is -0.489 e. The second-order valence-corrected chi connectivity index (χ2v) is 11.0. The minimum absolute atomic E-state index is 0.00242. The van der Waals surface area contributed by atoms with Gasteiger partial charge in [0.05, 0.1) is 22.9 Å². The Hall–Kier alpha value is -3.41. The second-order valence-electron chi connectivity index (χ2n) is 9.30. The summed E-state index contributed by atoms with van der Waals surface area (Å²) in [6, 6.07) is 6.17. The van der Waals surface area contributed by atoms with Gasteiger partial charge in [0, 0.05) is 32.8 Å². The molecule has 2 amide bonds. The van der Waals surface area contributed by atoms with Gasteiger partial charge in [0.1, 0.15) is 12.4 Å². The summed E-state index contributed by atoms with van der Waals surface area (Å²) in [4.78, 5) is 27.0. The summed E-state index contributed by atoms with van der Waals surface area (Å²) in [6.07, 6.45) is 10.0. The number of hydrogen-bond donors (Lipinski definition) is 3. The van der Waals surface area contributed by atoms with Crippen LogP contribution < -0.4 is 14.9 Å². The summed E-state index contributed by atoms with van der Waals surface area (Å²) in [6.45, 7) is 3.80. The number of fused-ring (bicyclic) bond motifs is 1. The van der Waals surface area contributed by atoms with Gasteiger partial charge in [0.2, 0.25) is 21.8 Å². The first-order valence-corrected chi connectivity index (χ1v) is 13.0. The third-order valence-corrected chi connectivity index (χ3v) is 8.26. The van der Waals surface area contributed by atoms with Gasteiger partial charge in [-0.05, 0) is 48.4 Å². The fourth-order valence-electron chi connectivity index (χ4n) is 4.63. The molecule has 1 aliphatic carbocycles. The van der Waals surface area contributed by atoms with Gasteiger partial charge in [-0.15, -0.1) is 0 Å². The van der Waals surface area contributed by atoms with E-state index in [-0.39, 0.29) is 36.4 Å². The van der Waals surface area contributed by atoms with Crippen molar-refractivity contribution in [1.82, 2.24) is 20.0 Å². The van der Waals surface area contributed by atoms with Crippen LogP contribution in [-0.4, -0.2) is 73.6 Å². The van der Waals surface area contributed by atoms with E-state index in [1.165, 1.54) is 29.4 Å². The van der Waals surface area contributed by atoms with E-state index in [0.717, 1.165) is 16.8 Å². The van der Waals surface area contributed by atoms with Crippen molar-refractivity contribution in [2.45, 2.75) is 36.7 Å². The van der Waals surface area contributed by atoms with Crippen molar-refractivity contribution < 1.29 is 28.0 Å². The zero-order valence-electron chi connectivity index (χ0n) is 20.4. The third kappa shape index (κ3) is 5.23. The summed E-state index contributed by atoms with van der Waals surface area (Å²) in [5, 5.41) is 8.89. The highest BCUT2D eigenvalue weighted by molar-refractivity contribution is 7.89. The predicted molar refractivity (Wildman–Crippen MR) is 132 cm³/mol. The number of allylic oxidation sites excluding steroid dienone is 3. The first-order valence-electron chi connectivity index (χ1n) is 11.5. The molecule has 2 heterocycles. The maximum absolute atomic E-state index is 13.0. The van der Waals surface area contributed by atoms with Crippen molar-refractivity contribution >= 4 is 21.8 Å². The zero-order chi connectivity index (χ0) is 26.1. The van der Waals surface area contributed by atoms with Crippen molar-refractivity contribution in [3.05, 3.63) is 71.5 Å². The number of rotatable bonds is 8. The van der Waals surface area contributed by atoms with Crippen molar-refractivity contribution in [3.8, 4) is 5.75 Å². The fourth-order valence-corrected chi connectivity index (χ4v) is 6.02. The van der Waals surface area contributed by atoms with Gasteiger partial charge in [-0.2, -0.15) is 0 Å². The highest BCUT2D eigenvalue weighted by atomic mass is 32.2. The van der Waals surface area contributed by atoms with E-state index >= 15 is 0 Å². The Bertz CT molecular complexity index is 1270.